The molecular weight excluding hydrogens is 288 g/mol. The van der Waals surface area contributed by atoms with E-state index in [4.69, 9.17) is 0 Å². The van der Waals surface area contributed by atoms with Crippen LogP contribution in [-0.2, 0) is 6.54 Å². The summed E-state index contributed by atoms with van der Waals surface area (Å²) in [5.41, 5.74) is 1.75. The molecule has 2 aromatic rings. The summed E-state index contributed by atoms with van der Waals surface area (Å²) in [5, 5.41) is 10.2. The molecule has 0 saturated heterocycles. The lowest BCUT2D eigenvalue weighted by atomic mass is 10.2. The number of nitrogens with one attached hydrogen (secondary N) is 2. The first-order valence-electron chi connectivity index (χ1n) is 6.71. The molecule has 0 spiro atoms. The van der Waals surface area contributed by atoms with Crippen molar-refractivity contribution in [2.75, 3.05) is 13.6 Å². The van der Waals surface area contributed by atoms with Gasteiger partial charge in [-0.25, -0.2) is 0 Å². The average Bonchev–Trinajstić information content (AvgIpc) is 2.94. The lowest BCUT2D eigenvalue weighted by Crippen LogP contribution is -2.37. The zero-order chi connectivity index (χ0) is 14.4. The van der Waals surface area contributed by atoms with E-state index in [-0.39, 0.29) is 24.4 Å². The minimum absolute atomic E-state index is 0. The van der Waals surface area contributed by atoms with Crippen molar-refractivity contribution in [1.29, 1.82) is 0 Å². The highest BCUT2D eigenvalue weighted by molar-refractivity contribution is 5.93. The SMILES string of the molecule is CNC(C)CNC(=O)c1cnn(Cc2ccccc2)c1.Cl. The first kappa shape index (κ1) is 17.2. The number of benzene rings is 1. The zero-order valence-corrected chi connectivity index (χ0v) is 13.1. The number of nitrogens with zero attached hydrogens (tertiary/aromatic N) is 2. The van der Waals surface area contributed by atoms with Gasteiger partial charge in [-0.2, -0.15) is 5.10 Å². The molecule has 21 heavy (non-hydrogen) atoms. The van der Waals surface area contributed by atoms with Gasteiger partial charge in [0.1, 0.15) is 0 Å². The van der Waals surface area contributed by atoms with Gasteiger partial charge in [-0.1, -0.05) is 30.3 Å². The van der Waals surface area contributed by atoms with Crippen molar-refractivity contribution in [3.63, 3.8) is 0 Å². The molecule has 0 bridgehead atoms. The van der Waals surface area contributed by atoms with Gasteiger partial charge in [-0.15, -0.1) is 12.4 Å². The normalized spacial score (nSPS) is 11.5. The number of carbonyl (C=O) groups is 1. The number of carbonyl (C=O) groups excluding carboxylic acids is 1. The Morgan fingerprint density at radius 2 is 2.05 bits per heavy atom. The standard InChI is InChI=1S/C15H20N4O.ClH/c1-12(16-2)8-17-15(20)14-9-18-19(11-14)10-13-6-4-3-5-7-13;/h3-7,9,11-12,16H,8,10H2,1-2H3,(H,17,20);1H. The third-order valence-electron chi connectivity index (χ3n) is 3.14. The molecule has 1 aromatic heterocycles. The molecule has 0 aliphatic heterocycles. The maximum Gasteiger partial charge on any atom is 0.254 e. The van der Waals surface area contributed by atoms with Crippen molar-refractivity contribution in [2.24, 2.45) is 0 Å². The Balaban J connectivity index is 0.00000220. The molecule has 6 heteroatoms. The lowest BCUT2D eigenvalue weighted by molar-refractivity contribution is 0.0950. The number of amides is 1. The Morgan fingerprint density at radius 3 is 2.71 bits per heavy atom. The molecule has 0 aliphatic carbocycles. The largest absolute Gasteiger partial charge is 0.350 e. The molecule has 1 unspecified atom stereocenters. The second-order valence-electron chi connectivity index (χ2n) is 4.81. The van der Waals surface area contributed by atoms with Crippen molar-refractivity contribution in [3.05, 3.63) is 53.9 Å². The van der Waals surface area contributed by atoms with Crippen molar-refractivity contribution in [1.82, 2.24) is 20.4 Å². The smallest absolute Gasteiger partial charge is 0.254 e. The Labute approximate surface area is 131 Å². The van der Waals surface area contributed by atoms with Crippen LogP contribution in [0.3, 0.4) is 0 Å². The van der Waals surface area contributed by atoms with E-state index in [9.17, 15) is 4.79 Å². The average molecular weight is 309 g/mol. The van der Waals surface area contributed by atoms with Crippen molar-refractivity contribution in [2.45, 2.75) is 19.5 Å². The van der Waals surface area contributed by atoms with E-state index in [1.807, 2.05) is 44.3 Å². The van der Waals surface area contributed by atoms with Crippen LogP contribution in [0.5, 0.6) is 0 Å². The molecule has 2 N–H and O–H groups in total. The van der Waals surface area contributed by atoms with E-state index in [0.717, 1.165) is 5.56 Å². The first-order chi connectivity index (χ1) is 9.69. The van der Waals surface area contributed by atoms with Gasteiger partial charge in [0.15, 0.2) is 0 Å². The van der Waals surface area contributed by atoms with Gasteiger partial charge in [0.25, 0.3) is 5.91 Å². The molecule has 114 valence electrons. The lowest BCUT2D eigenvalue weighted by Gasteiger charge is -2.10. The highest BCUT2D eigenvalue weighted by atomic mass is 35.5. The maximum absolute atomic E-state index is 11.9. The summed E-state index contributed by atoms with van der Waals surface area (Å²) in [6.45, 7) is 3.28. The van der Waals surface area contributed by atoms with Crippen LogP contribution in [0.1, 0.15) is 22.8 Å². The van der Waals surface area contributed by atoms with Crippen LogP contribution < -0.4 is 10.6 Å². The second kappa shape index (κ2) is 8.44. The molecular formula is C15H21ClN4O. The minimum atomic E-state index is -0.0913. The summed E-state index contributed by atoms with van der Waals surface area (Å²) in [7, 11) is 1.87. The molecule has 0 radical (unpaired) electrons. The van der Waals surface area contributed by atoms with Gasteiger partial charge >= 0.3 is 0 Å². The van der Waals surface area contributed by atoms with E-state index >= 15 is 0 Å². The Bertz CT molecular complexity index is 556. The molecule has 2 rings (SSSR count). The van der Waals surface area contributed by atoms with E-state index in [1.54, 1.807) is 17.1 Å². The van der Waals surface area contributed by atoms with E-state index < -0.39 is 0 Å². The number of hydrogen-bond donors (Lipinski definition) is 2. The van der Waals surface area contributed by atoms with Gasteiger partial charge in [0, 0.05) is 18.8 Å². The van der Waals surface area contributed by atoms with Crippen LogP contribution in [0.4, 0.5) is 0 Å². The molecule has 1 amide bonds. The maximum atomic E-state index is 11.9. The molecule has 0 fully saturated rings. The number of hydrogen-bond acceptors (Lipinski definition) is 3. The summed E-state index contributed by atoms with van der Waals surface area (Å²) in [6.07, 6.45) is 3.37. The Hall–Kier alpha value is -1.85. The predicted octanol–water partition coefficient (Wildman–Crippen LogP) is 1.69. The fraction of sp³-hybridized carbons (Fsp3) is 0.333. The predicted molar refractivity (Wildman–Crippen MR) is 85.9 cm³/mol. The summed E-state index contributed by atoms with van der Waals surface area (Å²) in [4.78, 5) is 11.9. The van der Waals surface area contributed by atoms with Gasteiger partial charge in [-0.05, 0) is 19.5 Å². The molecule has 1 aromatic carbocycles. The topological polar surface area (TPSA) is 58.9 Å². The summed E-state index contributed by atoms with van der Waals surface area (Å²) in [6, 6.07) is 10.3. The number of aromatic nitrogens is 2. The number of halogens is 1. The van der Waals surface area contributed by atoms with E-state index in [0.29, 0.717) is 18.7 Å². The van der Waals surface area contributed by atoms with E-state index in [1.165, 1.54) is 0 Å². The second-order valence-corrected chi connectivity index (χ2v) is 4.81. The fourth-order valence-electron chi connectivity index (χ4n) is 1.79. The van der Waals surface area contributed by atoms with Crippen LogP contribution >= 0.6 is 12.4 Å². The van der Waals surface area contributed by atoms with Crippen molar-refractivity contribution < 1.29 is 4.79 Å². The van der Waals surface area contributed by atoms with Crippen molar-refractivity contribution in [3.8, 4) is 0 Å². The van der Waals surface area contributed by atoms with Crippen LogP contribution in [-0.4, -0.2) is 35.3 Å². The van der Waals surface area contributed by atoms with E-state index in [2.05, 4.69) is 15.7 Å². The molecule has 0 aliphatic rings. The van der Waals surface area contributed by atoms with Crippen LogP contribution in [0, 0.1) is 0 Å². The monoisotopic (exact) mass is 308 g/mol. The minimum Gasteiger partial charge on any atom is -0.350 e. The zero-order valence-electron chi connectivity index (χ0n) is 12.2. The molecule has 1 heterocycles. The molecule has 1 atom stereocenters. The third-order valence-corrected chi connectivity index (χ3v) is 3.14. The molecule has 0 saturated carbocycles. The quantitative estimate of drug-likeness (QED) is 0.854. The van der Waals surface area contributed by atoms with Gasteiger partial charge in [-0.3, -0.25) is 9.48 Å². The third kappa shape index (κ3) is 5.21. The van der Waals surface area contributed by atoms with Gasteiger partial charge in [0.05, 0.1) is 18.3 Å². The molecule has 5 nitrogen and oxygen atoms in total. The highest BCUT2D eigenvalue weighted by Gasteiger charge is 2.09. The summed E-state index contributed by atoms with van der Waals surface area (Å²) >= 11 is 0. The first-order valence-corrected chi connectivity index (χ1v) is 6.71. The van der Waals surface area contributed by atoms with Crippen LogP contribution in [0.2, 0.25) is 0 Å². The Morgan fingerprint density at radius 1 is 1.33 bits per heavy atom. The summed E-state index contributed by atoms with van der Waals surface area (Å²) < 4.78 is 1.77. The van der Waals surface area contributed by atoms with Crippen LogP contribution in [0.25, 0.3) is 0 Å². The fourth-order valence-corrected chi connectivity index (χ4v) is 1.79. The van der Waals surface area contributed by atoms with Gasteiger partial charge in [0.2, 0.25) is 0 Å². The Kier molecular flexibility index (Phi) is 6.91. The summed E-state index contributed by atoms with van der Waals surface area (Å²) in [5.74, 6) is -0.0913. The number of rotatable bonds is 6. The highest BCUT2D eigenvalue weighted by Crippen LogP contribution is 2.04. The van der Waals surface area contributed by atoms with Crippen LogP contribution in [0.15, 0.2) is 42.7 Å². The van der Waals surface area contributed by atoms with Gasteiger partial charge < -0.3 is 10.6 Å². The van der Waals surface area contributed by atoms with Crippen molar-refractivity contribution >= 4 is 18.3 Å². The number of likely N-dealkylation sites (N-methyl/N-ethyl adjacent to an activating group) is 1.